The standard InChI is InChI=1S/C16H16BrNO2S/c1-10(18-8-14(19)11-4-5-21-9-11)16-7-12-6-13(17)2-3-15(12)20-16/h2-7,9-10,14,18-19H,8H2,1H3. The number of halogens is 1. The maximum atomic E-state index is 10.1. The Kier molecular flexibility index (Phi) is 4.45. The van der Waals surface area contributed by atoms with E-state index in [4.69, 9.17) is 4.42 Å². The smallest absolute Gasteiger partial charge is 0.134 e. The van der Waals surface area contributed by atoms with E-state index in [2.05, 4.69) is 21.2 Å². The van der Waals surface area contributed by atoms with Crippen LogP contribution in [0.4, 0.5) is 0 Å². The molecule has 2 heterocycles. The summed E-state index contributed by atoms with van der Waals surface area (Å²) in [5.74, 6) is 0.876. The largest absolute Gasteiger partial charge is 0.459 e. The molecule has 2 aromatic heterocycles. The van der Waals surface area contributed by atoms with E-state index in [0.29, 0.717) is 6.54 Å². The molecule has 0 fully saturated rings. The molecule has 3 nitrogen and oxygen atoms in total. The number of aliphatic hydroxyl groups excluding tert-OH is 1. The second kappa shape index (κ2) is 6.32. The van der Waals surface area contributed by atoms with Gasteiger partial charge in [-0.3, -0.25) is 0 Å². The van der Waals surface area contributed by atoms with Crippen molar-refractivity contribution in [3.05, 3.63) is 56.9 Å². The van der Waals surface area contributed by atoms with Gasteiger partial charge < -0.3 is 14.8 Å². The number of hydrogen-bond acceptors (Lipinski definition) is 4. The van der Waals surface area contributed by atoms with Gasteiger partial charge in [-0.05, 0) is 53.6 Å². The Balaban J connectivity index is 1.67. The average molecular weight is 366 g/mol. The van der Waals surface area contributed by atoms with Crippen LogP contribution in [0.2, 0.25) is 0 Å². The average Bonchev–Trinajstić information content (AvgIpc) is 3.12. The fourth-order valence-electron chi connectivity index (χ4n) is 2.22. The van der Waals surface area contributed by atoms with E-state index in [1.165, 1.54) is 0 Å². The molecular formula is C16H16BrNO2S. The Morgan fingerprint density at radius 1 is 1.33 bits per heavy atom. The van der Waals surface area contributed by atoms with Crippen LogP contribution in [0.5, 0.6) is 0 Å². The molecule has 0 saturated carbocycles. The Morgan fingerprint density at radius 3 is 2.95 bits per heavy atom. The molecule has 2 N–H and O–H groups in total. The molecule has 0 radical (unpaired) electrons. The summed E-state index contributed by atoms with van der Waals surface area (Å²) in [4.78, 5) is 0. The van der Waals surface area contributed by atoms with E-state index in [-0.39, 0.29) is 6.04 Å². The van der Waals surface area contributed by atoms with E-state index < -0.39 is 6.10 Å². The van der Waals surface area contributed by atoms with Crippen molar-refractivity contribution in [3.63, 3.8) is 0 Å². The van der Waals surface area contributed by atoms with Crippen LogP contribution in [0.25, 0.3) is 11.0 Å². The van der Waals surface area contributed by atoms with Crippen molar-refractivity contribution in [2.45, 2.75) is 19.1 Å². The van der Waals surface area contributed by atoms with Crippen LogP contribution < -0.4 is 5.32 Å². The summed E-state index contributed by atoms with van der Waals surface area (Å²) in [6.07, 6.45) is -0.489. The molecule has 2 unspecified atom stereocenters. The summed E-state index contributed by atoms with van der Waals surface area (Å²) in [6.45, 7) is 2.53. The molecule has 0 aliphatic heterocycles. The van der Waals surface area contributed by atoms with Gasteiger partial charge in [-0.2, -0.15) is 11.3 Å². The second-order valence-corrected chi connectivity index (χ2v) is 6.73. The molecule has 0 spiro atoms. The molecule has 5 heteroatoms. The summed E-state index contributed by atoms with van der Waals surface area (Å²) < 4.78 is 6.88. The highest BCUT2D eigenvalue weighted by Gasteiger charge is 2.14. The van der Waals surface area contributed by atoms with Crippen LogP contribution in [-0.4, -0.2) is 11.7 Å². The van der Waals surface area contributed by atoms with Gasteiger partial charge in [0.2, 0.25) is 0 Å². The zero-order valence-corrected chi connectivity index (χ0v) is 13.9. The van der Waals surface area contributed by atoms with E-state index in [1.54, 1.807) is 11.3 Å². The van der Waals surface area contributed by atoms with Gasteiger partial charge in [-0.1, -0.05) is 15.9 Å². The molecule has 0 aliphatic carbocycles. The van der Waals surface area contributed by atoms with Crippen LogP contribution in [0.1, 0.15) is 30.4 Å². The predicted octanol–water partition coefficient (Wildman–Crippen LogP) is 4.64. The molecule has 2 atom stereocenters. The Morgan fingerprint density at radius 2 is 2.19 bits per heavy atom. The molecule has 3 aromatic rings. The van der Waals surface area contributed by atoms with Crippen LogP contribution >= 0.6 is 27.3 Å². The third-order valence-corrected chi connectivity index (χ3v) is 4.66. The first kappa shape index (κ1) is 14.8. The van der Waals surface area contributed by atoms with Crippen molar-refractivity contribution in [3.8, 4) is 0 Å². The number of furan rings is 1. The summed E-state index contributed by atoms with van der Waals surface area (Å²) >= 11 is 5.05. The quantitative estimate of drug-likeness (QED) is 0.692. The van der Waals surface area contributed by atoms with E-state index >= 15 is 0 Å². The normalized spacial score (nSPS) is 14.4. The summed E-state index contributed by atoms with van der Waals surface area (Å²) in [6, 6.07) is 9.98. The minimum absolute atomic E-state index is 0.0458. The van der Waals surface area contributed by atoms with Crippen LogP contribution in [0.3, 0.4) is 0 Å². The van der Waals surface area contributed by atoms with Crippen molar-refractivity contribution >= 4 is 38.2 Å². The van der Waals surface area contributed by atoms with Crippen molar-refractivity contribution in [1.29, 1.82) is 0 Å². The van der Waals surface area contributed by atoms with Gasteiger partial charge in [0.25, 0.3) is 0 Å². The van der Waals surface area contributed by atoms with Crippen LogP contribution in [-0.2, 0) is 0 Å². The molecule has 110 valence electrons. The monoisotopic (exact) mass is 365 g/mol. The molecule has 0 saturated heterocycles. The zero-order valence-electron chi connectivity index (χ0n) is 11.5. The highest BCUT2D eigenvalue weighted by Crippen LogP contribution is 2.27. The third-order valence-electron chi connectivity index (χ3n) is 3.47. The summed E-state index contributed by atoms with van der Waals surface area (Å²) in [5, 5.41) is 18.4. The van der Waals surface area contributed by atoms with Crippen LogP contribution in [0.15, 0.2) is 50.0 Å². The SMILES string of the molecule is CC(NCC(O)c1ccsc1)c1cc2cc(Br)ccc2o1. The van der Waals surface area contributed by atoms with Gasteiger partial charge in [-0.15, -0.1) is 0 Å². The van der Waals surface area contributed by atoms with Gasteiger partial charge in [0.1, 0.15) is 11.3 Å². The lowest BCUT2D eigenvalue weighted by atomic mass is 10.1. The fraction of sp³-hybridized carbons (Fsp3) is 0.250. The zero-order chi connectivity index (χ0) is 14.8. The summed E-state index contributed by atoms with van der Waals surface area (Å²) in [7, 11) is 0. The van der Waals surface area contributed by atoms with Crippen molar-refractivity contribution < 1.29 is 9.52 Å². The lowest BCUT2D eigenvalue weighted by molar-refractivity contribution is 0.170. The topological polar surface area (TPSA) is 45.4 Å². The van der Waals surface area contributed by atoms with Crippen LogP contribution in [0, 0.1) is 0 Å². The number of rotatable bonds is 5. The number of aliphatic hydroxyl groups is 1. The van der Waals surface area contributed by atoms with E-state index in [1.807, 2.05) is 48.0 Å². The first-order valence-corrected chi connectivity index (χ1v) is 8.49. The molecule has 1 aromatic carbocycles. The second-order valence-electron chi connectivity index (χ2n) is 5.03. The van der Waals surface area contributed by atoms with Gasteiger partial charge >= 0.3 is 0 Å². The molecule has 3 rings (SSSR count). The first-order chi connectivity index (χ1) is 10.1. The molecule has 0 aliphatic rings. The lowest BCUT2D eigenvalue weighted by Gasteiger charge is -2.14. The number of hydrogen-bond donors (Lipinski definition) is 2. The van der Waals surface area contributed by atoms with Gasteiger partial charge in [0.05, 0.1) is 12.1 Å². The first-order valence-electron chi connectivity index (χ1n) is 6.76. The summed E-state index contributed by atoms with van der Waals surface area (Å²) in [5.41, 5.74) is 1.83. The van der Waals surface area contributed by atoms with Gasteiger partial charge in [0.15, 0.2) is 0 Å². The van der Waals surface area contributed by atoms with Crippen molar-refractivity contribution in [1.82, 2.24) is 5.32 Å². The predicted molar refractivity (Wildman–Crippen MR) is 89.6 cm³/mol. The van der Waals surface area contributed by atoms with Crippen molar-refractivity contribution in [2.75, 3.05) is 6.54 Å². The highest BCUT2D eigenvalue weighted by atomic mass is 79.9. The molecule has 21 heavy (non-hydrogen) atoms. The Labute approximate surface area is 135 Å². The molecule has 0 bridgehead atoms. The highest BCUT2D eigenvalue weighted by molar-refractivity contribution is 9.10. The molecular weight excluding hydrogens is 350 g/mol. The number of thiophene rings is 1. The fourth-order valence-corrected chi connectivity index (χ4v) is 3.31. The Hall–Kier alpha value is -1.14. The maximum absolute atomic E-state index is 10.1. The van der Waals surface area contributed by atoms with E-state index in [9.17, 15) is 5.11 Å². The lowest BCUT2D eigenvalue weighted by Crippen LogP contribution is -2.24. The number of benzene rings is 1. The third kappa shape index (κ3) is 3.37. The maximum Gasteiger partial charge on any atom is 0.134 e. The van der Waals surface area contributed by atoms with Crippen molar-refractivity contribution in [2.24, 2.45) is 0 Å². The Bertz CT molecular complexity index is 723. The minimum Gasteiger partial charge on any atom is -0.459 e. The van der Waals surface area contributed by atoms with E-state index in [0.717, 1.165) is 26.8 Å². The van der Waals surface area contributed by atoms with Gasteiger partial charge in [0, 0.05) is 16.4 Å². The molecule has 0 amide bonds. The van der Waals surface area contributed by atoms with Gasteiger partial charge in [-0.25, -0.2) is 0 Å². The minimum atomic E-state index is -0.489. The number of nitrogens with one attached hydrogen (secondary N) is 1. The number of fused-ring (bicyclic) bond motifs is 1.